The molecule has 0 N–H and O–H groups in total. The second kappa shape index (κ2) is 5.65. The number of benzene rings is 1. The Hall–Kier alpha value is -3.16. The Balaban J connectivity index is 1.68. The van der Waals surface area contributed by atoms with E-state index in [4.69, 9.17) is 0 Å². The molecule has 2 heterocycles. The van der Waals surface area contributed by atoms with Crippen LogP contribution in [0.25, 0.3) is 0 Å². The summed E-state index contributed by atoms with van der Waals surface area (Å²) in [5.74, 6) is 0. The van der Waals surface area contributed by atoms with Crippen LogP contribution in [0.4, 0.5) is 0 Å². The Labute approximate surface area is 114 Å². The molecule has 3 rings (SSSR count). The maximum absolute atomic E-state index is 4.17. The molecule has 0 atom stereocenters. The Kier molecular flexibility index (Phi) is 3.36. The van der Waals surface area contributed by atoms with Crippen LogP contribution in [0.3, 0.4) is 0 Å². The summed E-state index contributed by atoms with van der Waals surface area (Å²) < 4.78 is 3.06. The maximum Gasteiger partial charge on any atom is 0.141 e. The molecule has 3 aromatic rings. The first kappa shape index (κ1) is 11.9. The minimum atomic E-state index is 0.972. The summed E-state index contributed by atoms with van der Waals surface area (Å²) in [4.78, 5) is 0. The molecule has 0 amide bonds. The van der Waals surface area contributed by atoms with Crippen LogP contribution in [0.1, 0.15) is 11.1 Å². The van der Waals surface area contributed by atoms with Gasteiger partial charge in [0.25, 0.3) is 0 Å². The minimum Gasteiger partial charge on any atom is -0.208 e. The van der Waals surface area contributed by atoms with E-state index < -0.39 is 0 Å². The highest BCUT2D eigenvalue weighted by Crippen LogP contribution is 2.00. The lowest BCUT2D eigenvalue weighted by molar-refractivity contribution is 0.878. The lowest BCUT2D eigenvalue weighted by atomic mass is 10.2. The highest BCUT2D eigenvalue weighted by atomic mass is 15.4. The quantitative estimate of drug-likeness (QED) is 0.648. The molecule has 0 bridgehead atoms. The van der Waals surface area contributed by atoms with E-state index in [0.29, 0.717) is 0 Å². The molecular weight excluding hydrogens is 256 g/mol. The number of nitrogens with zero attached hydrogens (tertiary/aromatic N) is 8. The summed E-state index contributed by atoms with van der Waals surface area (Å²) in [5.41, 5.74) is 1.94. The molecule has 2 aromatic heterocycles. The van der Waals surface area contributed by atoms with E-state index in [1.165, 1.54) is 34.7 Å². The molecule has 0 aliphatic rings. The van der Waals surface area contributed by atoms with Crippen LogP contribution < -0.4 is 0 Å². The van der Waals surface area contributed by atoms with Gasteiger partial charge in [-0.2, -0.15) is 10.2 Å². The van der Waals surface area contributed by atoms with Gasteiger partial charge in [-0.25, -0.2) is 9.35 Å². The zero-order chi connectivity index (χ0) is 13.6. The van der Waals surface area contributed by atoms with Gasteiger partial charge in [-0.1, -0.05) is 24.3 Å². The number of rotatable bonds is 4. The summed E-state index contributed by atoms with van der Waals surface area (Å²) in [6.45, 7) is 0. The minimum absolute atomic E-state index is 0.972. The van der Waals surface area contributed by atoms with Gasteiger partial charge in [-0.3, -0.25) is 0 Å². The summed E-state index contributed by atoms with van der Waals surface area (Å²) in [6.07, 6.45) is 9.55. The molecule has 0 aliphatic carbocycles. The van der Waals surface area contributed by atoms with Crippen LogP contribution >= 0.6 is 0 Å². The molecule has 0 aliphatic heterocycles. The normalized spacial score (nSPS) is 11.6. The zero-order valence-electron chi connectivity index (χ0n) is 10.4. The van der Waals surface area contributed by atoms with Gasteiger partial charge in [0, 0.05) is 0 Å². The zero-order valence-corrected chi connectivity index (χ0v) is 10.4. The SMILES string of the molecule is C(=N/n1cnnc1)/c1ccc(/C=N\n2cnnc2)cc1. The molecule has 8 heteroatoms. The molecule has 0 unspecified atom stereocenters. The van der Waals surface area contributed by atoms with Crippen LogP contribution in [0, 0.1) is 0 Å². The van der Waals surface area contributed by atoms with E-state index in [0.717, 1.165) is 11.1 Å². The van der Waals surface area contributed by atoms with Crippen LogP contribution in [-0.4, -0.2) is 42.2 Å². The van der Waals surface area contributed by atoms with Crippen LogP contribution in [0.5, 0.6) is 0 Å². The van der Waals surface area contributed by atoms with Gasteiger partial charge in [0.15, 0.2) is 0 Å². The van der Waals surface area contributed by atoms with Gasteiger partial charge < -0.3 is 0 Å². The highest BCUT2D eigenvalue weighted by Gasteiger charge is 1.91. The Morgan fingerprint density at radius 3 is 1.35 bits per heavy atom. The number of hydrogen-bond donors (Lipinski definition) is 0. The molecular formula is C12H10N8. The Morgan fingerprint density at radius 2 is 1.00 bits per heavy atom. The van der Waals surface area contributed by atoms with Crippen LogP contribution in [0.2, 0.25) is 0 Å². The monoisotopic (exact) mass is 266 g/mol. The lowest BCUT2D eigenvalue weighted by Crippen LogP contribution is -1.90. The average molecular weight is 266 g/mol. The predicted octanol–water partition coefficient (Wildman–Crippen LogP) is 0.634. The van der Waals surface area contributed by atoms with Crippen molar-refractivity contribution >= 4 is 12.4 Å². The first-order valence-corrected chi connectivity index (χ1v) is 5.78. The van der Waals surface area contributed by atoms with Gasteiger partial charge in [-0.15, -0.1) is 20.4 Å². The molecule has 8 nitrogen and oxygen atoms in total. The largest absolute Gasteiger partial charge is 0.208 e. The molecule has 0 spiro atoms. The van der Waals surface area contributed by atoms with Gasteiger partial charge in [0.05, 0.1) is 12.4 Å². The molecule has 1 aromatic carbocycles. The van der Waals surface area contributed by atoms with E-state index in [2.05, 4.69) is 30.6 Å². The predicted molar refractivity (Wildman–Crippen MR) is 72.5 cm³/mol. The summed E-state index contributed by atoms with van der Waals surface area (Å²) in [6, 6.07) is 7.78. The third-order valence-electron chi connectivity index (χ3n) is 2.43. The smallest absolute Gasteiger partial charge is 0.141 e. The first-order valence-electron chi connectivity index (χ1n) is 5.78. The molecule has 0 radical (unpaired) electrons. The van der Waals surface area contributed by atoms with Crippen molar-refractivity contribution in [3.05, 3.63) is 60.7 Å². The summed E-state index contributed by atoms with van der Waals surface area (Å²) in [5, 5.41) is 23.0. The van der Waals surface area contributed by atoms with Crippen molar-refractivity contribution in [1.82, 2.24) is 29.7 Å². The van der Waals surface area contributed by atoms with Crippen molar-refractivity contribution in [3.63, 3.8) is 0 Å². The second-order valence-corrected chi connectivity index (χ2v) is 3.84. The lowest BCUT2D eigenvalue weighted by Gasteiger charge is -1.95. The van der Waals surface area contributed by atoms with Crippen molar-refractivity contribution in [3.8, 4) is 0 Å². The van der Waals surface area contributed by atoms with E-state index in [1.807, 2.05) is 24.3 Å². The fourth-order valence-electron chi connectivity index (χ4n) is 1.44. The molecule has 98 valence electrons. The van der Waals surface area contributed by atoms with Crippen LogP contribution in [0.15, 0.2) is 59.8 Å². The molecule has 0 saturated carbocycles. The Morgan fingerprint density at radius 1 is 0.650 bits per heavy atom. The van der Waals surface area contributed by atoms with Crippen molar-refractivity contribution < 1.29 is 0 Å². The van der Waals surface area contributed by atoms with Gasteiger partial charge in [-0.05, 0) is 11.1 Å². The summed E-state index contributed by atoms with van der Waals surface area (Å²) in [7, 11) is 0. The molecule has 20 heavy (non-hydrogen) atoms. The van der Waals surface area contributed by atoms with Crippen molar-refractivity contribution in [1.29, 1.82) is 0 Å². The van der Waals surface area contributed by atoms with E-state index in [1.54, 1.807) is 12.4 Å². The highest BCUT2D eigenvalue weighted by molar-refractivity contribution is 5.83. The average Bonchev–Trinajstić information content (AvgIpc) is 3.17. The fourth-order valence-corrected chi connectivity index (χ4v) is 1.44. The number of aromatic nitrogens is 6. The van der Waals surface area contributed by atoms with Crippen molar-refractivity contribution in [2.24, 2.45) is 10.2 Å². The molecule has 0 saturated heterocycles. The summed E-state index contributed by atoms with van der Waals surface area (Å²) >= 11 is 0. The van der Waals surface area contributed by atoms with Crippen LogP contribution in [-0.2, 0) is 0 Å². The topological polar surface area (TPSA) is 86.1 Å². The third kappa shape index (κ3) is 2.99. The van der Waals surface area contributed by atoms with E-state index in [9.17, 15) is 0 Å². The van der Waals surface area contributed by atoms with Gasteiger partial charge >= 0.3 is 0 Å². The van der Waals surface area contributed by atoms with Gasteiger partial charge in [0.1, 0.15) is 25.3 Å². The van der Waals surface area contributed by atoms with Crippen molar-refractivity contribution in [2.45, 2.75) is 0 Å². The van der Waals surface area contributed by atoms with E-state index >= 15 is 0 Å². The fraction of sp³-hybridized carbons (Fsp3) is 0. The first-order chi connectivity index (χ1) is 9.90. The number of hydrogen-bond acceptors (Lipinski definition) is 6. The third-order valence-corrected chi connectivity index (χ3v) is 2.43. The second-order valence-electron chi connectivity index (χ2n) is 3.84. The van der Waals surface area contributed by atoms with E-state index in [-0.39, 0.29) is 0 Å². The maximum atomic E-state index is 4.17. The van der Waals surface area contributed by atoms with Crippen molar-refractivity contribution in [2.75, 3.05) is 0 Å². The molecule has 0 fully saturated rings. The Bertz CT molecular complexity index is 631. The standard InChI is InChI=1S/C12H10N8/c1-2-12(6-18-20-9-15-16-10-20)4-3-11(1)5-17-19-7-13-14-8-19/h1-10H/b17-5-,18-6-. The van der Waals surface area contributed by atoms with Gasteiger partial charge in [0.2, 0.25) is 0 Å².